The van der Waals surface area contributed by atoms with E-state index in [1.165, 1.54) is 23.7 Å². The lowest BCUT2D eigenvalue weighted by atomic mass is 10.1. The minimum atomic E-state index is -0.818. The lowest BCUT2D eigenvalue weighted by Gasteiger charge is -1.97. The molecule has 24 heavy (non-hydrogen) atoms. The van der Waals surface area contributed by atoms with Crippen LogP contribution in [0.3, 0.4) is 0 Å². The maximum atomic E-state index is 13.1. The van der Waals surface area contributed by atoms with Crippen molar-refractivity contribution >= 4 is 23.8 Å². The number of nitrogens with one attached hydrogen (secondary N) is 1. The number of carbonyl (C=O) groups excluding carboxylic acids is 2. The summed E-state index contributed by atoms with van der Waals surface area (Å²) in [6.45, 7) is 0. The second kappa shape index (κ2) is 7.47. The molecule has 0 unspecified atom stereocenters. The van der Waals surface area contributed by atoms with E-state index >= 15 is 0 Å². The number of nitrogens with zero attached hydrogens (tertiary/aromatic N) is 1. The molecule has 7 heteroatoms. The summed E-state index contributed by atoms with van der Waals surface area (Å²) in [5.41, 5.74) is 2.70. The van der Waals surface area contributed by atoms with Crippen LogP contribution >= 0.6 is 0 Å². The molecular weight excluding hydrogens is 318 g/mol. The fourth-order valence-electron chi connectivity index (χ4n) is 2.03. The fraction of sp³-hybridized carbons (Fsp3) is 0.0588. The first-order valence-corrected chi connectivity index (χ1v) is 6.86. The third kappa shape index (κ3) is 4.47. The quantitative estimate of drug-likeness (QED) is 0.383. The van der Waals surface area contributed by atoms with Crippen LogP contribution in [0.1, 0.15) is 21.6 Å². The predicted octanol–water partition coefficient (Wildman–Crippen LogP) is 2.72. The molecule has 2 N–H and O–H groups in total. The molecule has 5 nitrogen and oxygen atoms in total. The maximum Gasteiger partial charge on any atom is 0.267 e. The summed E-state index contributed by atoms with van der Waals surface area (Å²) in [7, 11) is 1.73. The lowest BCUT2D eigenvalue weighted by Crippen LogP contribution is -2.14. The molecule has 0 aliphatic carbocycles. The van der Waals surface area contributed by atoms with Gasteiger partial charge in [-0.25, -0.2) is 14.3 Å². The first kappa shape index (κ1) is 17.3. The second-order valence-electron chi connectivity index (χ2n) is 4.97. The number of hydrogen-bond acceptors (Lipinski definition) is 3. The Morgan fingerprint density at radius 2 is 1.75 bits per heavy atom. The molecule has 1 amide bonds. The molecule has 0 atom stereocenters. The van der Waals surface area contributed by atoms with Crippen LogP contribution in [-0.4, -0.2) is 21.5 Å². The molecule has 1 heterocycles. The van der Waals surface area contributed by atoms with E-state index in [4.69, 9.17) is 5.21 Å². The van der Waals surface area contributed by atoms with Crippen LogP contribution in [-0.2, 0) is 11.8 Å². The number of ketones is 1. The highest BCUT2D eigenvalue weighted by atomic mass is 19.1. The average Bonchev–Trinajstić information content (AvgIpc) is 2.89. The molecule has 0 aliphatic rings. The number of hydroxylamine groups is 1. The van der Waals surface area contributed by atoms with Crippen molar-refractivity contribution in [2.75, 3.05) is 0 Å². The summed E-state index contributed by atoms with van der Waals surface area (Å²) in [5, 5.41) is 8.42. The average molecular weight is 332 g/mol. The van der Waals surface area contributed by atoms with Gasteiger partial charge in [0.15, 0.2) is 5.78 Å². The zero-order valence-electron chi connectivity index (χ0n) is 12.7. The van der Waals surface area contributed by atoms with E-state index in [0.717, 1.165) is 18.2 Å². The molecule has 1 aromatic heterocycles. The van der Waals surface area contributed by atoms with E-state index in [9.17, 15) is 18.4 Å². The molecule has 0 spiro atoms. The molecule has 0 saturated heterocycles. The zero-order valence-corrected chi connectivity index (χ0v) is 12.7. The number of carbonyl (C=O) groups is 2. The van der Waals surface area contributed by atoms with Crippen molar-refractivity contribution < 1.29 is 23.6 Å². The Bertz CT molecular complexity index is 818. The van der Waals surface area contributed by atoms with Crippen molar-refractivity contribution in [1.82, 2.24) is 10.0 Å². The van der Waals surface area contributed by atoms with Crippen LogP contribution in [0.4, 0.5) is 8.78 Å². The smallest absolute Gasteiger partial charge is 0.267 e. The number of allylic oxidation sites excluding steroid dienone is 1. The molecule has 0 aliphatic heterocycles. The van der Waals surface area contributed by atoms with Gasteiger partial charge in [0.2, 0.25) is 0 Å². The van der Waals surface area contributed by atoms with Crippen LogP contribution in [0, 0.1) is 11.6 Å². The summed E-state index contributed by atoms with van der Waals surface area (Å²) < 4.78 is 27.9. The number of benzene rings is 1. The summed E-state index contributed by atoms with van der Waals surface area (Å²) in [6.07, 6.45) is 7.02. The first-order valence-electron chi connectivity index (χ1n) is 6.86. The van der Waals surface area contributed by atoms with Gasteiger partial charge in [0.1, 0.15) is 11.6 Å². The van der Waals surface area contributed by atoms with Gasteiger partial charge < -0.3 is 4.57 Å². The largest absolute Gasteiger partial charge is 0.350 e. The Hall–Kier alpha value is -3.06. The molecule has 2 rings (SSSR count). The van der Waals surface area contributed by atoms with Crippen molar-refractivity contribution in [3.8, 4) is 0 Å². The third-order valence-corrected chi connectivity index (χ3v) is 3.15. The normalized spacial score (nSPS) is 11.3. The molecule has 0 fully saturated rings. The van der Waals surface area contributed by atoms with Crippen molar-refractivity contribution in [3.05, 3.63) is 71.1 Å². The number of aromatic nitrogens is 1. The minimum Gasteiger partial charge on any atom is -0.350 e. The Balaban J connectivity index is 2.16. The second-order valence-corrected chi connectivity index (χ2v) is 4.97. The van der Waals surface area contributed by atoms with Crippen LogP contribution in [0.2, 0.25) is 0 Å². The van der Waals surface area contributed by atoms with Gasteiger partial charge in [0, 0.05) is 36.6 Å². The Kier molecular flexibility index (Phi) is 5.39. The van der Waals surface area contributed by atoms with Crippen LogP contribution in [0.5, 0.6) is 0 Å². The van der Waals surface area contributed by atoms with Gasteiger partial charge in [-0.2, -0.15) is 0 Å². The number of hydrogen-bond donors (Lipinski definition) is 2. The standard InChI is InChI=1S/C17H14F2N2O3/c1-21-10-11(6-15(21)3-5-17(23)20-24)2-4-16(22)12-7-13(18)9-14(19)8-12/h2-10,24H,1H3,(H,20,23)/b4-2+,5-3+. The van der Waals surface area contributed by atoms with E-state index in [1.807, 2.05) is 0 Å². The predicted molar refractivity (Wildman–Crippen MR) is 84.1 cm³/mol. The van der Waals surface area contributed by atoms with Gasteiger partial charge in [0.05, 0.1) is 0 Å². The van der Waals surface area contributed by atoms with Crippen molar-refractivity contribution in [3.63, 3.8) is 0 Å². The molecule has 2 aromatic rings. The molecule has 0 saturated carbocycles. The first-order chi connectivity index (χ1) is 11.4. The van der Waals surface area contributed by atoms with Gasteiger partial charge in [-0.05, 0) is 42.0 Å². The van der Waals surface area contributed by atoms with E-state index in [0.29, 0.717) is 17.3 Å². The summed E-state index contributed by atoms with van der Waals surface area (Å²) in [4.78, 5) is 22.9. The van der Waals surface area contributed by atoms with E-state index in [1.54, 1.807) is 23.9 Å². The minimum absolute atomic E-state index is 0.0839. The summed E-state index contributed by atoms with van der Waals surface area (Å²) >= 11 is 0. The number of amides is 1. The maximum absolute atomic E-state index is 13.1. The Labute approximate surface area is 136 Å². The topological polar surface area (TPSA) is 71.3 Å². The van der Waals surface area contributed by atoms with Gasteiger partial charge in [-0.3, -0.25) is 14.8 Å². The highest BCUT2D eigenvalue weighted by molar-refractivity contribution is 6.06. The third-order valence-electron chi connectivity index (χ3n) is 3.15. The van der Waals surface area contributed by atoms with Crippen LogP contribution < -0.4 is 5.48 Å². The highest BCUT2D eigenvalue weighted by Crippen LogP contribution is 2.13. The number of halogens is 2. The SMILES string of the molecule is Cn1cc(/C=C/C(=O)c2cc(F)cc(F)c2)cc1/C=C/C(=O)NO. The van der Waals surface area contributed by atoms with Gasteiger partial charge >= 0.3 is 0 Å². The number of rotatable bonds is 5. The van der Waals surface area contributed by atoms with E-state index in [-0.39, 0.29) is 5.56 Å². The summed E-state index contributed by atoms with van der Waals surface area (Å²) in [5.74, 6) is -2.84. The van der Waals surface area contributed by atoms with Gasteiger partial charge in [-0.1, -0.05) is 0 Å². The number of aryl methyl sites for hydroxylation is 1. The van der Waals surface area contributed by atoms with Crippen molar-refractivity contribution in [2.24, 2.45) is 7.05 Å². The lowest BCUT2D eigenvalue weighted by molar-refractivity contribution is -0.124. The molecule has 124 valence electrons. The summed E-state index contributed by atoms with van der Waals surface area (Å²) in [6, 6.07) is 4.31. The molecule has 0 bridgehead atoms. The van der Waals surface area contributed by atoms with Crippen LogP contribution in [0.15, 0.2) is 42.6 Å². The van der Waals surface area contributed by atoms with Crippen molar-refractivity contribution in [2.45, 2.75) is 0 Å². The van der Waals surface area contributed by atoms with Crippen LogP contribution in [0.25, 0.3) is 12.2 Å². The van der Waals surface area contributed by atoms with E-state index < -0.39 is 23.3 Å². The van der Waals surface area contributed by atoms with E-state index in [2.05, 4.69) is 0 Å². The molecule has 0 radical (unpaired) electrons. The Morgan fingerprint density at radius 3 is 2.38 bits per heavy atom. The fourth-order valence-corrected chi connectivity index (χ4v) is 2.03. The van der Waals surface area contributed by atoms with Gasteiger partial charge in [-0.15, -0.1) is 0 Å². The Morgan fingerprint density at radius 1 is 1.08 bits per heavy atom. The molecule has 1 aromatic carbocycles. The zero-order chi connectivity index (χ0) is 17.7. The monoisotopic (exact) mass is 332 g/mol. The van der Waals surface area contributed by atoms with Gasteiger partial charge in [0.25, 0.3) is 5.91 Å². The highest BCUT2D eigenvalue weighted by Gasteiger charge is 2.07. The molecular formula is C17H14F2N2O3. The van der Waals surface area contributed by atoms with Crippen molar-refractivity contribution in [1.29, 1.82) is 0 Å².